The largest absolute Gasteiger partial charge is 0.394 e. The predicted octanol–water partition coefficient (Wildman–Crippen LogP) is 1.60. The van der Waals surface area contributed by atoms with Gasteiger partial charge in [-0.3, -0.25) is 4.21 Å². The van der Waals surface area contributed by atoms with Gasteiger partial charge in [0.25, 0.3) is 0 Å². The summed E-state index contributed by atoms with van der Waals surface area (Å²) in [5, 5.41) is 18.7. The highest BCUT2D eigenvalue weighted by atomic mass is 35.5. The van der Waals surface area contributed by atoms with Crippen LogP contribution in [-0.4, -0.2) is 32.9 Å². The lowest BCUT2D eigenvalue weighted by molar-refractivity contribution is 0.113. The number of aliphatic hydroxyl groups excluding tert-OH is 2. The van der Waals surface area contributed by atoms with Gasteiger partial charge in [-0.15, -0.1) is 0 Å². The van der Waals surface area contributed by atoms with E-state index in [1.54, 1.807) is 18.2 Å². The van der Waals surface area contributed by atoms with E-state index in [1.807, 2.05) is 0 Å². The zero-order valence-corrected chi connectivity index (χ0v) is 10.7. The average Bonchev–Trinajstić information content (AvgIpc) is 2.22. The molecule has 0 aliphatic heterocycles. The van der Waals surface area contributed by atoms with E-state index in [1.165, 1.54) is 0 Å². The van der Waals surface area contributed by atoms with E-state index in [4.69, 9.17) is 33.4 Å². The Kier molecular flexibility index (Phi) is 5.72. The Hall–Kier alpha value is -0.130. The highest BCUT2D eigenvalue weighted by molar-refractivity contribution is 7.84. The summed E-state index contributed by atoms with van der Waals surface area (Å²) in [6, 6.07) is 4.95. The van der Waals surface area contributed by atoms with Gasteiger partial charge in [0.05, 0.1) is 24.2 Å². The van der Waals surface area contributed by atoms with E-state index < -0.39 is 16.9 Å². The zero-order chi connectivity index (χ0) is 12.1. The van der Waals surface area contributed by atoms with Crippen molar-refractivity contribution >= 4 is 34.0 Å². The predicted molar refractivity (Wildman–Crippen MR) is 66.3 cm³/mol. The minimum atomic E-state index is -1.26. The fourth-order valence-electron chi connectivity index (χ4n) is 1.14. The molecular weight excluding hydrogens is 271 g/mol. The molecule has 6 heteroatoms. The van der Waals surface area contributed by atoms with Crippen molar-refractivity contribution in [3.05, 3.63) is 33.8 Å². The summed E-state index contributed by atoms with van der Waals surface area (Å²) in [7, 11) is -1.26. The van der Waals surface area contributed by atoms with Gasteiger partial charge in [0.1, 0.15) is 0 Å². The maximum atomic E-state index is 11.6. The molecule has 16 heavy (non-hydrogen) atoms. The maximum absolute atomic E-state index is 11.6. The van der Waals surface area contributed by atoms with Gasteiger partial charge in [0.2, 0.25) is 0 Å². The molecule has 0 heterocycles. The Morgan fingerprint density at radius 2 is 2.06 bits per heavy atom. The molecule has 0 aliphatic rings. The molecule has 2 N–H and O–H groups in total. The molecule has 0 aromatic heterocycles. The maximum Gasteiger partial charge on any atom is 0.0885 e. The zero-order valence-electron chi connectivity index (χ0n) is 8.40. The summed E-state index contributed by atoms with van der Waals surface area (Å²) in [6.45, 7) is -0.389. The summed E-state index contributed by atoms with van der Waals surface area (Å²) >= 11 is 11.6. The van der Waals surface area contributed by atoms with E-state index in [2.05, 4.69) is 0 Å². The van der Waals surface area contributed by atoms with Crippen LogP contribution in [0.1, 0.15) is 5.56 Å². The lowest BCUT2D eigenvalue weighted by Crippen LogP contribution is -2.21. The summed E-state index contributed by atoms with van der Waals surface area (Å²) in [5.74, 6) is 0.280. The number of aliphatic hydroxyl groups is 2. The number of rotatable bonds is 5. The second-order valence-corrected chi connectivity index (χ2v) is 5.67. The summed E-state index contributed by atoms with van der Waals surface area (Å²) in [5.41, 5.74) is 0.717. The Morgan fingerprint density at radius 1 is 1.38 bits per heavy atom. The number of hydrogen-bond acceptors (Lipinski definition) is 3. The topological polar surface area (TPSA) is 57.5 Å². The van der Waals surface area contributed by atoms with Gasteiger partial charge in [0, 0.05) is 20.8 Å². The molecule has 0 aliphatic carbocycles. The molecular formula is C10H12Cl2O3S. The molecule has 2 unspecified atom stereocenters. The fraction of sp³-hybridized carbons (Fsp3) is 0.400. The summed E-state index contributed by atoms with van der Waals surface area (Å²) < 4.78 is 11.6. The molecule has 0 saturated carbocycles. The Balaban J connectivity index is 2.63. The van der Waals surface area contributed by atoms with Gasteiger partial charge in [-0.1, -0.05) is 29.3 Å². The van der Waals surface area contributed by atoms with E-state index >= 15 is 0 Å². The van der Waals surface area contributed by atoms with Gasteiger partial charge in [0.15, 0.2) is 0 Å². The molecule has 2 atom stereocenters. The number of benzene rings is 1. The number of hydrogen-bond donors (Lipinski definition) is 2. The first-order valence-corrected chi connectivity index (χ1v) is 6.85. The van der Waals surface area contributed by atoms with Crippen molar-refractivity contribution in [1.82, 2.24) is 0 Å². The standard InChI is InChI=1S/C10H12Cl2O3S/c11-8-2-1-7(10(12)3-8)5-16(15)6-9(14)4-13/h1-3,9,13-14H,4-6H2. The first-order valence-electron chi connectivity index (χ1n) is 4.60. The third-order valence-electron chi connectivity index (χ3n) is 1.92. The molecule has 0 fully saturated rings. The molecule has 1 rings (SSSR count). The van der Waals surface area contributed by atoms with Gasteiger partial charge in [-0.25, -0.2) is 0 Å². The Labute approximate surface area is 106 Å². The third-order valence-corrected chi connectivity index (χ3v) is 3.90. The molecule has 0 radical (unpaired) electrons. The normalized spacial score (nSPS) is 14.8. The van der Waals surface area contributed by atoms with Crippen molar-refractivity contribution in [2.75, 3.05) is 12.4 Å². The van der Waals surface area contributed by atoms with Crippen LogP contribution in [0.25, 0.3) is 0 Å². The van der Waals surface area contributed by atoms with Crippen molar-refractivity contribution in [3.63, 3.8) is 0 Å². The van der Waals surface area contributed by atoms with Crippen LogP contribution < -0.4 is 0 Å². The highest BCUT2D eigenvalue weighted by Crippen LogP contribution is 2.22. The van der Waals surface area contributed by atoms with Crippen molar-refractivity contribution in [2.45, 2.75) is 11.9 Å². The first kappa shape index (κ1) is 13.9. The monoisotopic (exact) mass is 282 g/mol. The van der Waals surface area contributed by atoms with Crippen LogP contribution >= 0.6 is 23.2 Å². The van der Waals surface area contributed by atoms with Crippen molar-refractivity contribution in [2.24, 2.45) is 0 Å². The molecule has 0 amide bonds. The van der Waals surface area contributed by atoms with E-state index in [0.29, 0.717) is 10.0 Å². The van der Waals surface area contributed by atoms with Crippen LogP contribution in [-0.2, 0) is 16.6 Å². The van der Waals surface area contributed by atoms with Crippen molar-refractivity contribution in [3.8, 4) is 0 Å². The molecule has 3 nitrogen and oxygen atoms in total. The second kappa shape index (κ2) is 6.57. The molecule has 1 aromatic rings. The minimum Gasteiger partial charge on any atom is -0.394 e. The van der Waals surface area contributed by atoms with Gasteiger partial charge < -0.3 is 10.2 Å². The third kappa shape index (κ3) is 4.39. The summed E-state index contributed by atoms with van der Waals surface area (Å²) in [4.78, 5) is 0. The quantitative estimate of drug-likeness (QED) is 0.863. The lowest BCUT2D eigenvalue weighted by Gasteiger charge is -2.08. The summed E-state index contributed by atoms with van der Waals surface area (Å²) in [6.07, 6.45) is -0.952. The molecule has 0 spiro atoms. The molecule has 0 bridgehead atoms. The average molecular weight is 283 g/mol. The number of halogens is 2. The molecule has 90 valence electrons. The Bertz CT molecular complexity index is 384. The van der Waals surface area contributed by atoms with Crippen LogP contribution in [0.4, 0.5) is 0 Å². The van der Waals surface area contributed by atoms with E-state index in [0.717, 1.165) is 5.56 Å². The molecule has 1 aromatic carbocycles. The van der Waals surface area contributed by atoms with Crippen LogP contribution in [0, 0.1) is 0 Å². The second-order valence-electron chi connectivity index (χ2n) is 3.32. The van der Waals surface area contributed by atoms with E-state index in [9.17, 15) is 4.21 Å². The lowest BCUT2D eigenvalue weighted by atomic mass is 10.2. The van der Waals surface area contributed by atoms with E-state index in [-0.39, 0.29) is 18.1 Å². The van der Waals surface area contributed by atoms with Crippen molar-refractivity contribution in [1.29, 1.82) is 0 Å². The minimum absolute atomic E-state index is 0.0372. The smallest absolute Gasteiger partial charge is 0.0885 e. The van der Waals surface area contributed by atoms with Crippen LogP contribution in [0.15, 0.2) is 18.2 Å². The molecule has 0 saturated heterocycles. The Morgan fingerprint density at radius 3 is 2.62 bits per heavy atom. The van der Waals surface area contributed by atoms with Gasteiger partial charge in [-0.2, -0.15) is 0 Å². The van der Waals surface area contributed by atoms with Crippen LogP contribution in [0.2, 0.25) is 10.0 Å². The fourth-order valence-corrected chi connectivity index (χ4v) is 2.94. The van der Waals surface area contributed by atoms with Crippen molar-refractivity contribution < 1.29 is 14.4 Å². The van der Waals surface area contributed by atoms with Gasteiger partial charge >= 0.3 is 0 Å². The highest BCUT2D eigenvalue weighted by Gasteiger charge is 2.10. The van der Waals surface area contributed by atoms with Crippen LogP contribution in [0.3, 0.4) is 0 Å². The van der Waals surface area contributed by atoms with Crippen LogP contribution in [0.5, 0.6) is 0 Å². The first-order chi connectivity index (χ1) is 7.52. The SMILES string of the molecule is O=S(Cc1ccc(Cl)cc1Cl)CC(O)CO. The van der Waals surface area contributed by atoms with Gasteiger partial charge in [-0.05, 0) is 17.7 Å².